The lowest BCUT2D eigenvalue weighted by Crippen LogP contribution is -2.51. The van der Waals surface area contributed by atoms with Crippen molar-refractivity contribution >= 4 is 23.2 Å². The first-order valence-electron chi connectivity index (χ1n) is 13.1. The van der Waals surface area contributed by atoms with Crippen LogP contribution in [0.15, 0.2) is 66.7 Å². The average molecular weight is 540 g/mol. The van der Waals surface area contributed by atoms with Crippen LogP contribution in [0.4, 0.5) is 14.5 Å². The molecule has 0 aliphatic carbocycles. The smallest absolute Gasteiger partial charge is 0.241 e. The van der Waals surface area contributed by atoms with Gasteiger partial charge in [0.1, 0.15) is 24.0 Å². The molecule has 2 heterocycles. The first-order valence-corrected chi connectivity index (χ1v) is 13.5. The van der Waals surface area contributed by atoms with Gasteiger partial charge in [-0.15, -0.1) is 0 Å². The minimum atomic E-state index is -0.365. The van der Waals surface area contributed by atoms with E-state index in [-0.39, 0.29) is 23.5 Å². The summed E-state index contributed by atoms with van der Waals surface area (Å²) in [7, 11) is 0. The summed E-state index contributed by atoms with van der Waals surface area (Å²) in [5.74, 6) is 0.122. The monoisotopic (exact) mass is 539 g/mol. The van der Waals surface area contributed by atoms with Crippen molar-refractivity contribution in [3.8, 4) is 5.75 Å². The number of halogens is 3. The van der Waals surface area contributed by atoms with Crippen LogP contribution in [0, 0.1) is 11.6 Å². The Kier molecular flexibility index (Phi) is 8.57. The number of fused-ring (bicyclic) bond motifs is 1. The Balaban J connectivity index is 1.18. The minimum absolute atomic E-state index is 0.0114. The first-order chi connectivity index (χ1) is 18.5. The van der Waals surface area contributed by atoms with Gasteiger partial charge in [0.05, 0.1) is 12.2 Å². The molecule has 1 fully saturated rings. The third-order valence-electron chi connectivity index (χ3n) is 7.42. The molecule has 200 valence electrons. The van der Waals surface area contributed by atoms with Crippen molar-refractivity contribution in [1.82, 2.24) is 9.80 Å². The summed E-state index contributed by atoms with van der Waals surface area (Å²) >= 11 is 5.92. The molecule has 8 heteroatoms. The number of nitrogens with zero attached hydrogens (tertiary/aromatic N) is 3. The summed E-state index contributed by atoms with van der Waals surface area (Å²) in [6.07, 6.45) is 1.59. The summed E-state index contributed by atoms with van der Waals surface area (Å²) in [4.78, 5) is 19.7. The first kappa shape index (κ1) is 26.6. The Morgan fingerprint density at radius 1 is 0.868 bits per heavy atom. The van der Waals surface area contributed by atoms with Gasteiger partial charge in [-0.2, -0.15) is 0 Å². The van der Waals surface area contributed by atoms with Crippen molar-refractivity contribution < 1.29 is 18.3 Å². The highest BCUT2D eigenvalue weighted by atomic mass is 35.5. The van der Waals surface area contributed by atoms with E-state index in [1.54, 1.807) is 23.1 Å². The molecule has 0 saturated carbocycles. The molecule has 0 N–H and O–H groups in total. The Morgan fingerprint density at radius 3 is 2.29 bits per heavy atom. The van der Waals surface area contributed by atoms with Gasteiger partial charge < -0.3 is 9.64 Å². The molecule has 38 heavy (non-hydrogen) atoms. The number of rotatable bonds is 7. The van der Waals surface area contributed by atoms with Gasteiger partial charge in [-0.25, -0.2) is 8.78 Å². The fraction of sp³-hybridized carbons (Fsp3) is 0.367. The standard InChI is InChI=1S/C30H32ClF2N3O2/c31-23-5-10-26(11-6-23)38-19-18-34-14-16-35(17-15-34)21-30(37)36-13-1-2-27(22-3-7-24(32)8-4-22)28-12-9-25(33)20-29(28)36/h3-12,20,27H,1-2,13-19,21H2. The lowest BCUT2D eigenvalue weighted by Gasteiger charge is -2.35. The number of hydrogen-bond acceptors (Lipinski definition) is 4. The average Bonchev–Trinajstić information content (AvgIpc) is 3.11. The maximum Gasteiger partial charge on any atom is 0.241 e. The lowest BCUT2D eigenvalue weighted by atomic mass is 9.87. The number of anilines is 1. The molecule has 5 nitrogen and oxygen atoms in total. The normalized spacial score (nSPS) is 18.6. The van der Waals surface area contributed by atoms with E-state index in [1.807, 2.05) is 24.3 Å². The zero-order valence-electron chi connectivity index (χ0n) is 21.3. The number of hydrogen-bond donors (Lipinski definition) is 0. The second-order valence-corrected chi connectivity index (χ2v) is 10.4. The SMILES string of the molecule is O=C(CN1CCN(CCOc2ccc(Cl)cc2)CC1)N1CCCC(c2ccc(F)cc2)c2ccc(F)cc21. The molecule has 3 aromatic rings. The Hall–Kier alpha value is -3.00. The molecule has 0 spiro atoms. The van der Waals surface area contributed by atoms with Gasteiger partial charge in [-0.1, -0.05) is 29.8 Å². The molecule has 3 aromatic carbocycles. The van der Waals surface area contributed by atoms with E-state index < -0.39 is 0 Å². The molecule has 1 amide bonds. The fourth-order valence-corrected chi connectivity index (χ4v) is 5.47. The van der Waals surface area contributed by atoms with Crippen LogP contribution < -0.4 is 9.64 Å². The second kappa shape index (κ2) is 12.2. The molecule has 0 aromatic heterocycles. The Morgan fingerprint density at radius 2 is 1.55 bits per heavy atom. The number of benzene rings is 3. The zero-order valence-corrected chi connectivity index (χ0v) is 22.0. The van der Waals surface area contributed by atoms with Gasteiger partial charge in [0.2, 0.25) is 5.91 Å². The van der Waals surface area contributed by atoms with Gasteiger partial charge >= 0.3 is 0 Å². The van der Waals surface area contributed by atoms with Crippen molar-refractivity contribution in [3.63, 3.8) is 0 Å². The molecule has 0 radical (unpaired) electrons. The summed E-state index contributed by atoms with van der Waals surface area (Å²) in [6, 6.07) is 18.5. The number of piperazine rings is 1. The highest BCUT2D eigenvalue weighted by Gasteiger charge is 2.29. The molecule has 5 rings (SSSR count). The van der Waals surface area contributed by atoms with E-state index in [1.165, 1.54) is 24.3 Å². The van der Waals surface area contributed by atoms with Crippen LogP contribution in [0.1, 0.15) is 29.9 Å². The fourth-order valence-electron chi connectivity index (χ4n) is 5.35. The van der Waals surface area contributed by atoms with Crippen LogP contribution >= 0.6 is 11.6 Å². The van der Waals surface area contributed by atoms with E-state index >= 15 is 0 Å². The van der Waals surface area contributed by atoms with Gasteiger partial charge in [-0.3, -0.25) is 14.6 Å². The Labute approximate surface area is 227 Å². The summed E-state index contributed by atoms with van der Waals surface area (Å²) in [6.45, 7) is 5.52. The van der Waals surface area contributed by atoms with Gasteiger partial charge in [0, 0.05) is 50.2 Å². The van der Waals surface area contributed by atoms with Crippen molar-refractivity contribution in [2.45, 2.75) is 18.8 Å². The van der Waals surface area contributed by atoms with Crippen LogP contribution in [0.2, 0.25) is 5.02 Å². The molecule has 1 atom stereocenters. The Bertz CT molecular complexity index is 1230. The van der Waals surface area contributed by atoms with Gasteiger partial charge in [-0.05, 0) is 72.5 Å². The van der Waals surface area contributed by atoms with Gasteiger partial charge in [0.25, 0.3) is 0 Å². The largest absolute Gasteiger partial charge is 0.492 e. The van der Waals surface area contributed by atoms with Gasteiger partial charge in [0.15, 0.2) is 0 Å². The summed E-state index contributed by atoms with van der Waals surface area (Å²) < 4.78 is 33.7. The van der Waals surface area contributed by atoms with E-state index in [9.17, 15) is 13.6 Å². The predicted octanol–water partition coefficient (Wildman–Crippen LogP) is 5.57. The number of carbonyl (C=O) groups is 1. The van der Waals surface area contributed by atoms with Crippen molar-refractivity contribution in [2.24, 2.45) is 0 Å². The predicted molar refractivity (Wildman–Crippen MR) is 146 cm³/mol. The highest BCUT2D eigenvalue weighted by molar-refractivity contribution is 6.30. The van der Waals surface area contributed by atoms with E-state index in [0.717, 1.165) is 62.4 Å². The molecular weight excluding hydrogens is 508 g/mol. The maximum absolute atomic E-state index is 14.4. The van der Waals surface area contributed by atoms with Crippen molar-refractivity contribution in [1.29, 1.82) is 0 Å². The molecular formula is C30H32ClF2N3O2. The summed E-state index contributed by atoms with van der Waals surface area (Å²) in [5, 5.41) is 0.685. The van der Waals surface area contributed by atoms with Crippen molar-refractivity contribution in [3.05, 3.63) is 94.5 Å². The number of ether oxygens (including phenoxy) is 1. The van der Waals surface area contributed by atoms with Crippen LogP contribution in [-0.4, -0.2) is 68.1 Å². The molecule has 2 aliphatic heterocycles. The second-order valence-electron chi connectivity index (χ2n) is 9.92. The summed E-state index contributed by atoms with van der Waals surface area (Å²) in [5.41, 5.74) is 2.51. The van der Waals surface area contributed by atoms with Crippen molar-refractivity contribution in [2.75, 3.05) is 57.3 Å². The highest BCUT2D eigenvalue weighted by Crippen LogP contribution is 2.39. The quantitative estimate of drug-likeness (QED) is 0.393. The van der Waals surface area contributed by atoms with E-state index in [2.05, 4.69) is 9.80 Å². The van der Waals surface area contributed by atoms with Crippen LogP contribution in [0.5, 0.6) is 5.75 Å². The molecule has 2 aliphatic rings. The molecule has 0 bridgehead atoms. The van der Waals surface area contributed by atoms with Crippen LogP contribution in [0.25, 0.3) is 0 Å². The lowest BCUT2D eigenvalue weighted by molar-refractivity contribution is -0.120. The topological polar surface area (TPSA) is 36.0 Å². The van der Waals surface area contributed by atoms with E-state index in [0.29, 0.717) is 30.4 Å². The number of amides is 1. The third-order valence-corrected chi connectivity index (χ3v) is 7.67. The number of carbonyl (C=O) groups excluding carboxylic acids is 1. The molecule has 1 unspecified atom stereocenters. The van der Waals surface area contributed by atoms with E-state index in [4.69, 9.17) is 16.3 Å². The van der Waals surface area contributed by atoms with Crippen LogP contribution in [-0.2, 0) is 4.79 Å². The maximum atomic E-state index is 14.4. The van der Waals surface area contributed by atoms with Crippen LogP contribution in [0.3, 0.4) is 0 Å². The third kappa shape index (κ3) is 6.52. The zero-order chi connectivity index (χ0) is 26.5. The molecule has 1 saturated heterocycles. The minimum Gasteiger partial charge on any atom is -0.492 e.